The molecule has 0 amide bonds. The zero-order chi connectivity index (χ0) is 19.2. The number of benzene rings is 1. The monoisotopic (exact) mass is 443 g/mol. The first-order valence-electron chi connectivity index (χ1n) is 9.99. The average molecular weight is 444 g/mol. The van der Waals surface area contributed by atoms with Crippen molar-refractivity contribution in [2.24, 2.45) is 21.5 Å². The third-order valence-electron chi connectivity index (χ3n) is 5.51. The summed E-state index contributed by atoms with van der Waals surface area (Å²) in [6, 6.07) is 5.12. The molecule has 0 atom stereocenters. The van der Waals surface area contributed by atoms with Crippen LogP contribution >= 0.6 is 24.8 Å². The highest BCUT2D eigenvalue weighted by molar-refractivity contribution is 6.03. The number of rotatable bonds is 5. The molecule has 2 aliphatic rings. The molecule has 1 aromatic carbocycles. The molecule has 4 N–H and O–H groups in total. The van der Waals surface area contributed by atoms with Crippen molar-refractivity contribution in [1.29, 1.82) is 0 Å². The standard InChI is InChI=1S/C20H29N5O2.2ClH/c21-19(23-16-7-3-1-4-8-16)14-11-15(13-18(12-14)25(26)27)20(22)24-17-9-5-2-6-10-17;;/h11-13,16-17H,1-10H2,(H2,21,23)(H2,22,24);2*1H. The van der Waals surface area contributed by atoms with Crippen LogP contribution in [0.15, 0.2) is 28.2 Å². The minimum atomic E-state index is -0.422. The number of aliphatic imine (C=N–C) groups is 2. The molecule has 2 fully saturated rings. The van der Waals surface area contributed by atoms with Gasteiger partial charge >= 0.3 is 0 Å². The Morgan fingerprint density at radius 3 is 1.52 bits per heavy atom. The van der Waals surface area contributed by atoms with Crippen molar-refractivity contribution in [1.82, 2.24) is 0 Å². The van der Waals surface area contributed by atoms with Crippen molar-refractivity contribution in [2.45, 2.75) is 76.3 Å². The van der Waals surface area contributed by atoms with Gasteiger partial charge in [-0.25, -0.2) is 0 Å². The van der Waals surface area contributed by atoms with Gasteiger partial charge in [0.1, 0.15) is 11.7 Å². The van der Waals surface area contributed by atoms with Crippen LogP contribution in [0.2, 0.25) is 0 Å². The zero-order valence-corrected chi connectivity index (χ0v) is 18.2. The van der Waals surface area contributed by atoms with Crippen molar-refractivity contribution >= 4 is 42.2 Å². The first-order valence-corrected chi connectivity index (χ1v) is 9.99. The molecule has 0 bridgehead atoms. The van der Waals surface area contributed by atoms with E-state index in [1.807, 2.05) is 0 Å². The number of nitro benzene ring substituents is 1. The van der Waals surface area contributed by atoms with Gasteiger partial charge in [-0.1, -0.05) is 38.5 Å². The van der Waals surface area contributed by atoms with E-state index < -0.39 is 4.92 Å². The van der Waals surface area contributed by atoms with Gasteiger partial charge in [0.2, 0.25) is 0 Å². The van der Waals surface area contributed by atoms with Crippen LogP contribution in [0.1, 0.15) is 75.3 Å². The molecule has 2 aliphatic carbocycles. The lowest BCUT2D eigenvalue weighted by Crippen LogP contribution is -2.22. The molecule has 0 heterocycles. The third-order valence-corrected chi connectivity index (χ3v) is 5.51. The quantitative estimate of drug-likeness (QED) is 0.300. The molecule has 1 aromatic rings. The molecular formula is C20H31Cl2N5O2. The Morgan fingerprint density at radius 2 is 1.17 bits per heavy atom. The largest absolute Gasteiger partial charge is 0.383 e. The third kappa shape index (κ3) is 7.16. The molecule has 0 aromatic heterocycles. The van der Waals surface area contributed by atoms with Gasteiger partial charge in [-0.15, -0.1) is 24.8 Å². The molecular weight excluding hydrogens is 413 g/mol. The maximum atomic E-state index is 11.4. The fourth-order valence-corrected chi connectivity index (χ4v) is 3.98. The highest BCUT2D eigenvalue weighted by Gasteiger charge is 2.18. The molecule has 3 rings (SSSR count). The van der Waals surface area contributed by atoms with E-state index in [0.717, 1.165) is 51.4 Å². The Labute approximate surface area is 184 Å². The summed E-state index contributed by atoms with van der Waals surface area (Å²) in [7, 11) is 0. The molecule has 0 saturated heterocycles. The van der Waals surface area contributed by atoms with Crippen molar-refractivity contribution in [3.63, 3.8) is 0 Å². The summed E-state index contributed by atoms with van der Waals surface area (Å²) in [6.45, 7) is 0. The molecule has 29 heavy (non-hydrogen) atoms. The second kappa shape index (κ2) is 12.0. The van der Waals surface area contributed by atoms with Gasteiger partial charge in [0.05, 0.1) is 17.0 Å². The molecule has 0 radical (unpaired) electrons. The van der Waals surface area contributed by atoms with E-state index in [-0.39, 0.29) is 42.6 Å². The number of non-ortho nitro benzene ring substituents is 1. The average Bonchev–Trinajstić information content (AvgIpc) is 2.69. The van der Waals surface area contributed by atoms with Gasteiger partial charge in [0.15, 0.2) is 0 Å². The van der Waals surface area contributed by atoms with E-state index in [4.69, 9.17) is 11.5 Å². The summed E-state index contributed by atoms with van der Waals surface area (Å²) in [5, 5.41) is 11.4. The Morgan fingerprint density at radius 1 is 0.793 bits per heavy atom. The second-order valence-corrected chi connectivity index (χ2v) is 7.64. The van der Waals surface area contributed by atoms with Crippen LogP contribution in [0.4, 0.5) is 5.69 Å². The maximum Gasteiger partial charge on any atom is 0.270 e. The van der Waals surface area contributed by atoms with E-state index in [1.54, 1.807) is 6.07 Å². The van der Waals surface area contributed by atoms with Gasteiger partial charge in [0, 0.05) is 23.3 Å². The van der Waals surface area contributed by atoms with Crippen molar-refractivity contribution in [2.75, 3.05) is 0 Å². The summed E-state index contributed by atoms with van der Waals surface area (Å²) in [6.07, 6.45) is 11.2. The molecule has 2 saturated carbocycles. The Bertz CT molecular complexity index is 690. The van der Waals surface area contributed by atoms with Crippen LogP contribution in [0.25, 0.3) is 0 Å². The summed E-state index contributed by atoms with van der Waals surface area (Å²) in [4.78, 5) is 20.2. The number of hydrogen-bond acceptors (Lipinski definition) is 4. The van der Waals surface area contributed by atoms with E-state index in [1.165, 1.54) is 25.0 Å². The molecule has 9 heteroatoms. The minimum absolute atomic E-state index is 0. The second-order valence-electron chi connectivity index (χ2n) is 7.64. The summed E-state index contributed by atoms with van der Waals surface area (Å²) >= 11 is 0. The highest BCUT2D eigenvalue weighted by Crippen LogP contribution is 2.24. The number of nitrogens with zero attached hydrogens (tertiary/aromatic N) is 3. The molecule has 0 aliphatic heterocycles. The van der Waals surface area contributed by atoms with Crippen molar-refractivity contribution in [3.05, 3.63) is 39.4 Å². The van der Waals surface area contributed by atoms with Gasteiger partial charge in [0.25, 0.3) is 5.69 Å². The number of nitrogens with two attached hydrogens (primary N) is 2. The zero-order valence-electron chi connectivity index (χ0n) is 16.6. The fourth-order valence-electron chi connectivity index (χ4n) is 3.98. The number of amidine groups is 2. The molecule has 162 valence electrons. The Balaban J connectivity index is 0.00000210. The molecule has 7 nitrogen and oxygen atoms in total. The number of halogens is 2. The molecule has 0 unspecified atom stereocenters. The lowest BCUT2D eigenvalue weighted by atomic mass is 9.95. The SMILES string of the molecule is Cl.Cl.NC(=NC1CCCCC1)c1cc(C(N)=NC2CCCCC2)cc([N+](=O)[O-])c1. The number of hydrogen-bond donors (Lipinski definition) is 2. The maximum absolute atomic E-state index is 11.4. The summed E-state index contributed by atoms with van der Waals surface area (Å²) in [5.74, 6) is 0.689. The van der Waals surface area contributed by atoms with Crippen LogP contribution in [-0.2, 0) is 0 Å². The van der Waals surface area contributed by atoms with Crippen molar-refractivity contribution in [3.8, 4) is 0 Å². The van der Waals surface area contributed by atoms with Crippen LogP contribution in [-0.4, -0.2) is 28.7 Å². The van der Waals surface area contributed by atoms with Crippen LogP contribution in [0, 0.1) is 10.1 Å². The topological polar surface area (TPSA) is 120 Å². The van der Waals surface area contributed by atoms with Gasteiger partial charge in [-0.05, 0) is 31.7 Å². The number of nitro groups is 1. The highest BCUT2D eigenvalue weighted by atomic mass is 35.5. The summed E-state index contributed by atoms with van der Waals surface area (Å²) in [5.41, 5.74) is 13.4. The van der Waals surface area contributed by atoms with E-state index in [9.17, 15) is 10.1 Å². The van der Waals surface area contributed by atoms with Crippen LogP contribution < -0.4 is 11.5 Å². The van der Waals surface area contributed by atoms with Crippen LogP contribution in [0.3, 0.4) is 0 Å². The first-order chi connectivity index (χ1) is 13.0. The Kier molecular flexibility index (Phi) is 10.4. The predicted octanol–water partition coefficient (Wildman–Crippen LogP) is 4.51. The first kappa shape index (κ1) is 25.2. The van der Waals surface area contributed by atoms with E-state index in [2.05, 4.69) is 9.98 Å². The van der Waals surface area contributed by atoms with Gasteiger partial charge < -0.3 is 11.5 Å². The molecule has 0 spiro atoms. The lowest BCUT2D eigenvalue weighted by molar-refractivity contribution is -0.384. The van der Waals surface area contributed by atoms with E-state index in [0.29, 0.717) is 22.8 Å². The van der Waals surface area contributed by atoms with Crippen LogP contribution in [0.5, 0.6) is 0 Å². The minimum Gasteiger partial charge on any atom is -0.383 e. The lowest BCUT2D eigenvalue weighted by Gasteiger charge is -2.19. The predicted molar refractivity (Wildman–Crippen MR) is 123 cm³/mol. The fraction of sp³-hybridized carbons (Fsp3) is 0.600. The Hall–Kier alpha value is -1.86. The summed E-state index contributed by atoms with van der Waals surface area (Å²) < 4.78 is 0. The van der Waals surface area contributed by atoms with Crippen molar-refractivity contribution < 1.29 is 4.92 Å². The van der Waals surface area contributed by atoms with Gasteiger partial charge in [-0.3, -0.25) is 20.1 Å². The normalized spacial score (nSPS) is 19.2. The smallest absolute Gasteiger partial charge is 0.270 e. The van der Waals surface area contributed by atoms with Gasteiger partial charge in [-0.2, -0.15) is 0 Å². The van der Waals surface area contributed by atoms with E-state index >= 15 is 0 Å².